The van der Waals surface area contributed by atoms with Crippen LogP contribution in [0.3, 0.4) is 0 Å². The van der Waals surface area contributed by atoms with E-state index in [9.17, 15) is 20.1 Å². The van der Waals surface area contributed by atoms with Crippen LogP contribution in [-0.2, 0) is 9.59 Å². The maximum atomic E-state index is 14.5. The van der Waals surface area contributed by atoms with Gasteiger partial charge in [-0.3, -0.25) is 9.59 Å². The van der Waals surface area contributed by atoms with Crippen LogP contribution in [-0.4, -0.2) is 17.9 Å². The van der Waals surface area contributed by atoms with Crippen LogP contribution in [0.25, 0.3) is 0 Å². The van der Waals surface area contributed by atoms with Crippen LogP contribution in [0.1, 0.15) is 47.4 Å². The van der Waals surface area contributed by atoms with E-state index in [-0.39, 0.29) is 11.8 Å². The molecule has 6 nitrogen and oxygen atoms in total. The first-order chi connectivity index (χ1) is 17.5. The molecule has 0 radical (unpaired) electrons. The van der Waals surface area contributed by atoms with E-state index in [0.29, 0.717) is 34.5 Å². The Morgan fingerprint density at radius 3 is 2.06 bits per heavy atom. The maximum absolute atomic E-state index is 14.5. The van der Waals surface area contributed by atoms with Crippen molar-refractivity contribution in [3.63, 3.8) is 0 Å². The lowest BCUT2D eigenvalue weighted by Crippen LogP contribution is -2.50. The van der Waals surface area contributed by atoms with Gasteiger partial charge in [0.2, 0.25) is 0 Å². The highest BCUT2D eigenvalue weighted by molar-refractivity contribution is 6.21. The molecule has 1 amide bonds. The Hall–Kier alpha value is -4.81. The van der Waals surface area contributed by atoms with Crippen molar-refractivity contribution in [1.82, 2.24) is 0 Å². The number of hydrogen-bond donors (Lipinski definition) is 0. The van der Waals surface area contributed by atoms with Gasteiger partial charge in [0.15, 0.2) is 0 Å². The number of aldehydes is 1. The van der Waals surface area contributed by atoms with Gasteiger partial charge in [-0.05, 0) is 66.4 Å². The zero-order valence-electron chi connectivity index (χ0n) is 19.6. The molecule has 0 aromatic heterocycles. The molecule has 1 heterocycles. The summed E-state index contributed by atoms with van der Waals surface area (Å²) in [5.74, 6) is -1.12. The number of rotatable bonds is 4. The summed E-state index contributed by atoms with van der Waals surface area (Å²) in [6, 6.07) is 27.8. The molecule has 1 spiro atoms. The van der Waals surface area contributed by atoms with E-state index in [1.807, 2.05) is 67.6 Å². The molecule has 0 N–H and O–H groups in total. The van der Waals surface area contributed by atoms with Gasteiger partial charge >= 0.3 is 0 Å². The lowest BCUT2D eigenvalue weighted by Gasteiger charge is -2.45. The molecular weight excluding hydrogens is 448 g/mol. The van der Waals surface area contributed by atoms with E-state index >= 15 is 0 Å². The zero-order chi connectivity index (χ0) is 25.3. The highest BCUT2D eigenvalue weighted by Gasteiger charge is 2.61. The lowest BCUT2D eigenvalue weighted by molar-refractivity contribution is -0.125. The van der Waals surface area contributed by atoms with Crippen LogP contribution in [0.4, 0.5) is 5.69 Å². The highest BCUT2D eigenvalue weighted by Crippen LogP contribution is 2.58. The molecule has 0 unspecified atom stereocenters. The number of nitrogens with zero attached hydrogens (tertiary/aromatic N) is 4. The molecule has 174 valence electrons. The van der Waals surface area contributed by atoms with Gasteiger partial charge < -0.3 is 0 Å². The minimum absolute atomic E-state index is 0.206. The van der Waals surface area contributed by atoms with E-state index in [4.69, 9.17) is 5.10 Å². The number of nitriles is 2. The highest BCUT2D eigenvalue weighted by atomic mass is 16.2. The molecule has 5 rings (SSSR count). The summed E-state index contributed by atoms with van der Waals surface area (Å²) in [5, 5.41) is 24.8. The summed E-state index contributed by atoms with van der Waals surface area (Å²) in [7, 11) is 0. The molecule has 0 bridgehead atoms. The Kier molecular flexibility index (Phi) is 5.80. The summed E-state index contributed by atoms with van der Waals surface area (Å²) in [4.78, 5) is 26.9. The van der Waals surface area contributed by atoms with E-state index in [1.54, 1.807) is 24.3 Å². The third-order valence-electron chi connectivity index (χ3n) is 7.27. The fourth-order valence-electron chi connectivity index (χ4n) is 5.62. The molecule has 0 fully saturated rings. The monoisotopic (exact) mass is 470 g/mol. The average Bonchev–Trinajstić information content (AvgIpc) is 3.19. The third kappa shape index (κ3) is 3.43. The minimum Gasteiger partial charge on any atom is -0.298 e. The minimum atomic E-state index is -1.16. The van der Waals surface area contributed by atoms with Crippen molar-refractivity contribution in [2.45, 2.75) is 25.2 Å². The largest absolute Gasteiger partial charge is 0.298 e. The topological polar surface area (TPSA) is 97.3 Å². The fourth-order valence-corrected chi connectivity index (χ4v) is 5.62. The van der Waals surface area contributed by atoms with Gasteiger partial charge in [-0.2, -0.15) is 20.6 Å². The number of carbonyl (C=O) groups is 2. The number of allylic oxidation sites excluding steroid dienone is 2. The van der Waals surface area contributed by atoms with Crippen molar-refractivity contribution in [1.29, 1.82) is 10.5 Å². The second-order valence-electron chi connectivity index (χ2n) is 9.02. The SMILES string of the molecule is CC1=NN(c2ccccc2)C(=O)[C@@]12[C@H](c1ccc(C#N)cc1)CC=C(C=O)[C@H]2c1ccc(C#N)cc1. The second kappa shape index (κ2) is 9.09. The average molecular weight is 471 g/mol. The number of hydrogen-bond acceptors (Lipinski definition) is 5. The van der Waals surface area contributed by atoms with Crippen LogP contribution in [0, 0.1) is 28.1 Å². The number of amides is 1. The van der Waals surface area contributed by atoms with Gasteiger partial charge in [-0.25, -0.2) is 0 Å². The molecule has 3 aromatic carbocycles. The fraction of sp³-hybridized carbons (Fsp3) is 0.167. The molecule has 36 heavy (non-hydrogen) atoms. The van der Waals surface area contributed by atoms with E-state index < -0.39 is 11.3 Å². The Balaban J connectivity index is 1.75. The molecule has 1 aliphatic heterocycles. The first-order valence-corrected chi connectivity index (χ1v) is 11.6. The van der Waals surface area contributed by atoms with Gasteiger partial charge in [-0.1, -0.05) is 48.5 Å². The number of carbonyl (C=O) groups excluding carboxylic acids is 2. The van der Waals surface area contributed by atoms with Gasteiger partial charge in [0.05, 0.1) is 34.7 Å². The van der Waals surface area contributed by atoms with Gasteiger partial charge in [0.1, 0.15) is 11.7 Å². The molecule has 1 aliphatic carbocycles. The lowest BCUT2D eigenvalue weighted by atomic mass is 9.54. The van der Waals surface area contributed by atoms with Crippen molar-refractivity contribution in [2.24, 2.45) is 10.5 Å². The van der Waals surface area contributed by atoms with Crippen LogP contribution in [0.5, 0.6) is 0 Å². The molecule has 6 heteroatoms. The van der Waals surface area contributed by atoms with Crippen molar-refractivity contribution in [2.75, 3.05) is 5.01 Å². The Morgan fingerprint density at radius 2 is 1.50 bits per heavy atom. The molecule has 3 atom stereocenters. The van der Waals surface area contributed by atoms with Crippen LogP contribution in [0.2, 0.25) is 0 Å². The van der Waals surface area contributed by atoms with Crippen molar-refractivity contribution < 1.29 is 9.59 Å². The number of para-hydroxylation sites is 1. The molecular formula is C30H22N4O2. The third-order valence-corrected chi connectivity index (χ3v) is 7.27. The van der Waals surface area contributed by atoms with Crippen molar-refractivity contribution in [3.8, 4) is 12.1 Å². The predicted octanol–water partition coefficient (Wildman–Crippen LogP) is 5.24. The normalized spacial score (nSPS) is 23.0. The number of hydrazone groups is 1. The van der Waals surface area contributed by atoms with Crippen LogP contribution in [0.15, 0.2) is 95.6 Å². The Bertz CT molecular complexity index is 1480. The van der Waals surface area contributed by atoms with Gasteiger partial charge in [0.25, 0.3) is 5.91 Å². The molecule has 0 saturated carbocycles. The van der Waals surface area contributed by atoms with E-state index in [1.165, 1.54) is 5.01 Å². The number of benzene rings is 3. The van der Waals surface area contributed by atoms with Gasteiger partial charge in [-0.15, -0.1) is 0 Å². The standard InChI is InChI=1S/C30H22N4O2/c1-20-30(29(36)34(33-20)26-5-3-2-4-6-26)27(23-11-7-21(17-31)8-12-23)16-15-25(19-35)28(30)24-13-9-22(18-32)10-14-24/h2-15,19,27-28H,16H2,1H3/t27-,28+,30+/m0/s1. The first kappa shape index (κ1) is 23.0. The maximum Gasteiger partial charge on any atom is 0.260 e. The first-order valence-electron chi connectivity index (χ1n) is 11.6. The Morgan fingerprint density at radius 1 is 0.917 bits per heavy atom. The Labute approximate surface area is 209 Å². The molecule has 2 aliphatic rings. The summed E-state index contributed by atoms with van der Waals surface area (Å²) >= 11 is 0. The van der Waals surface area contributed by atoms with Crippen molar-refractivity contribution >= 4 is 23.6 Å². The summed E-state index contributed by atoms with van der Waals surface area (Å²) in [6.07, 6.45) is 3.19. The van der Waals surface area contributed by atoms with E-state index in [0.717, 1.165) is 17.4 Å². The number of anilines is 1. The van der Waals surface area contributed by atoms with Crippen LogP contribution < -0.4 is 5.01 Å². The van der Waals surface area contributed by atoms with Crippen LogP contribution >= 0.6 is 0 Å². The van der Waals surface area contributed by atoms with Crippen molar-refractivity contribution in [3.05, 3.63) is 113 Å². The zero-order valence-corrected chi connectivity index (χ0v) is 19.6. The smallest absolute Gasteiger partial charge is 0.260 e. The quantitative estimate of drug-likeness (QED) is 0.487. The molecule has 0 saturated heterocycles. The summed E-state index contributed by atoms with van der Waals surface area (Å²) in [5.41, 5.74) is 3.31. The predicted molar refractivity (Wildman–Crippen MR) is 136 cm³/mol. The van der Waals surface area contributed by atoms with E-state index in [2.05, 4.69) is 12.1 Å². The van der Waals surface area contributed by atoms with Gasteiger partial charge in [0, 0.05) is 11.8 Å². The summed E-state index contributed by atoms with van der Waals surface area (Å²) < 4.78 is 0. The second-order valence-corrected chi connectivity index (χ2v) is 9.02. The summed E-state index contributed by atoms with van der Waals surface area (Å²) in [6.45, 7) is 1.85. The molecule has 3 aromatic rings.